The number of nitrogens with zero attached hydrogens (tertiary/aromatic N) is 2. The van der Waals surface area contributed by atoms with Crippen molar-refractivity contribution in [1.29, 1.82) is 0 Å². The molecule has 0 aliphatic rings. The molecule has 3 N–H and O–H groups in total. The van der Waals surface area contributed by atoms with E-state index < -0.39 is 20.0 Å². The maximum absolute atomic E-state index is 11.7. The summed E-state index contributed by atoms with van der Waals surface area (Å²) in [5, 5.41) is 3.03. The van der Waals surface area contributed by atoms with E-state index in [2.05, 4.69) is 10.3 Å². The molecule has 0 heterocycles. The van der Waals surface area contributed by atoms with Crippen molar-refractivity contribution in [2.75, 3.05) is 29.4 Å². The lowest BCUT2D eigenvalue weighted by Crippen LogP contribution is -2.38. The average Bonchev–Trinajstić information content (AvgIpc) is 2.50. The summed E-state index contributed by atoms with van der Waals surface area (Å²) in [7, 11) is -7.93. The molecule has 0 aromatic heterocycles. The number of nitrogens with two attached hydrogens (primary N) is 1. The van der Waals surface area contributed by atoms with Crippen molar-refractivity contribution in [3.8, 4) is 5.75 Å². The van der Waals surface area contributed by atoms with Gasteiger partial charge in [0.15, 0.2) is 5.96 Å². The van der Waals surface area contributed by atoms with E-state index in [4.69, 9.17) is 10.5 Å². The van der Waals surface area contributed by atoms with Crippen LogP contribution in [0.3, 0.4) is 0 Å². The Kier molecular flexibility index (Phi) is 7.69. The summed E-state index contributed by atoms with van der Waals surface area (Å²) < 4.78 is 52.7. The second kappa shape index (κ2) is 9.08. The van der Waals surface area contributed by atoms with Gasteiger partial charge in [-0.2, -0.15) is 3.71 Å². The van der Waals surface area contributed by atoms with Gasteiger partial charge in [0.1, 0.15) is 12.4 Å². The molecule has 0 radical (unpaired) electrons. The van der Waals surface area contributed by atoms with Gasteiger partial charge >= 0.3 is 0 Å². The van der Waals surface area contributed by atoms with Crippen LogP contribution in [0.4, 0.5) is 5.69 Å². The largest absolute Gasteiger partial charge is 0.492 e. The van der Waals surface area contributed by atoms with Gasteiger partial charge in [-0.1, -0.05) is 6.92 Å². The summed E-state index contributed by atoms with van der Waals surface area (Å²) in [6, 6.07) is 5.94. The Balaban J connectivity index is 2.70. The van der Waals surface area contributed by atoms with Crippen LogP contribution in [-0.2, 0) is 20.0 Å². The molecule has 1 unspecified atom stereocenters. The summed E-state index contributed by atoms with van der Waals surface area (Å²) in [4.78, 5) is 4.13. The summed E-state index contributed by atoms with van der Waals surface area (Å²) in [6.07, 6.45) is 2.58. The van der Waals surface area contributed by atoms with Gasteiger partial charge in [-0.15, -0.1) is 0 Å². The lowest BCUT2D eigenvalue weighted by Gasteiger charge is -2.19. The molecule has 0 spiro atoms. The highest BCUT2D eigenvalue weighted by atomic mass is 32.3. The van der Waals surface area contributed by atoms with Gasteiger partial charge < -0.3 is 15.8 Å². The van der Waals surface area contributed by atoms with Gasteiger partial charge in [-0.25, -0.2) is 21.8 Å². The fraction of sp³-hybridized carbons (Fsp3) is 0.533. The normalized spacial score (nSPS) is 13.9. The molecular formula is C15H26N4O5S2. The fourth-order valence-corrected chi connectivity index (χ4v) is 5.00. The van der Waals surface area contributed by atoms with E-state index >= 15 is 0 Å². The molecule has 1 aromatic carbocycles. The summed E-state index contributed by atoms with van der Waals surface area (Å²) in [6.45, 7) is 4.64. The van der Waals surface area contributed by atoms with Gasteiger partial charge in [-0.3, -0.25) is 0 Å². The molecule has 0 aliphatic heterocycles. The van der Waals surface area contributed by atoms with Crippen molar-refractivity contribution in [2.24, 2.45) is 10.7 Å². The quantitative estimate of drug-likeness (QED) is 0.347. The third-order valence-electron chi connectivity index (χ3n) is 3.30. The molecule has 11 heteroatoms. The lowest BCUT2D eigenvalue weighted by atomic mass is 10.3. The second-order valence-corrected chi connectivity index (χ2v) is 9.68. The first kappa shape index (κ1) is 22.0. The number of hydrogen-bond donors (Lipinski definition) is 2. The lowest BCUT2D eigenvalue weighted by molar-refractivity contribution is 0.328. The Labute approximate surface area is 155 Å². The first-order valence-corrected chi connectivity index (χ1v) is 11.6. The molecule has 0 aliphatic carbocycles. The number of guanidine groups is 1. The number of hydrogen-bond acceptors (Lipinski definition) is 6. The van der Waals surface area contributed by atoms with Crippen LogP contribution in [0.25, 0.3) is 0 Å². The molecule has 9 nitrogen and oxygen atoms in total. The smallest absolute Gasteiger partial charge is 0.245 e. The second-order valence-electron chi connectivity index (χ2n) is 5.79. The molecule has 26 heavy (non-hydrogen) atoms. The van der Waals surface area contributed by atoms with Crippen molar-refractivity contribution in [3.05, 3.63) is 24.3 Å². The standard InChI is InChI=1S/C15H26N4O5S2/c1-5-12(2)18-15(16)17-10-11-24-14-8-6-13(7-9-14)19(25(3,20)21)26(4,22)23/h6-9,12H,5,10-11H2,1-4H3,(H3,16,17,18). The van der Waals surface area contributed by atoms with Crippen molar-refractivity contribution in [1.82, 2.24) is 5.32 Å². The Morgan fingerprint density at radius 2 is 1.73 bits per heavy atom. The van der Waals surface area contributed by atoms with Gasteiger partial charge in [0.05, 0.1) is 24.7 Å². The first-order chi connectivity index (χ1) is 11.9. The van der Waals surface area contributed by atoms with Crippen LogP contribution in [0.15, 0.2) is 29.3 Å². The van der Waals surface area contributed by atoms with Crippen LogP contribution < -0.4 is 19.5 Å². The molecule has 148 valence electrons. The third kappa shape index (κ3) is 7.08. The fourth-order valence-electron chi connectivity index (χ4n) is 2.02. The zero-order valence-corrected chi connectivity index (χ0v) is 17.0. The first-order valence-electron chi connectivity index (χ1n) is 7.95. The molecular weight excluding hydrogens is 380 g/mol. The molecule has 0 fully saturated rings. The van der Waals surface area contributed by atoms with Crippen LogP contribution in [0.1, 0.15) is 20.3 Å². The zero-order valence-electron chi connectivity index (χ0n) is 15.3. The number of ether oxygens (including phenoxy) is 1. The predicted molar refractivity (Wildman–Crippen MR) is 103 cm³/mol. The topological polar surface area (TPSA) is 131 Å². The maximum Gasteiger partial charge on any atom is 0.245 e. The van der Waals surface area contributed by atoms with Crippen LogP contribution in [0.5, 0.6) is 5.75 Å². The van der Waals surface area contributed by atoms with Gasteiger partial charge in [0, 0.05) is 6.04 Å². The van der Waals surface area contributed by atoms with Crippen LogP contribution in [0, 0.1) is 0 Å². The molecule has 0 amide bonds. The zero-order chi connectivity index (χ0) is 20.0. The number of nitrogens with one attached hydrogen (secondary N) is 1. The Morgan fingerprint density at radius 1 is 1.19 bits per heavy atom. The monoisotopic (exact) mass is 406 g/mol. The average molecular weight is 407 g/mol. The van der Waals surface area contributed by atoms with E-state index in [1.165, 1.54) is 24.3 Å². The van der Waals surface area contributed by atoms with E-state index in [1.54, 1.807) is 0 Å². The van der Waals surface area contributed by atoms with E-state index in [0.717, 1.165) is 18.9 Å². The SMILES string of the molecule is CCC(C)NC(N)=NCCOc1ccc(N(S(C)(=O)=O)S(C)(=O)=O)cc1. The minimum absolute atomic E-state index is 0.0161. The van der Waals surface area contributed by atoms with Gasteiger partial charge in [-0.05, 0) is 37.6 Å². The van der Waals surface area contributed by atoms with Crippen molar-refractivity contribution >= 4 is 31.7 Å². The molecule has 1 atom stereocenters. The third-order valence-corrected chi connectivity index (χ3v) is 6.55. The number of anilines is 1. The number of sulfonamides is 2. The minimum atomic E-state index is -3.97. The van der Waals surface area contributed by atoms with Crippen molar-refractivity contribution < 1.29 is 21.6 Å². The molecule has 0 saturated carbocycles. The van der Waals surface area contributed by atoms with Crippen LogP contribution in [0.2, 0.25) is 0 Å². The molecule has 1 aromatic rings. The van der Waals surface area contributed by atoms with Crippen LogP contribution in [-0.4, -0.2) is 54.5 Å². The highest BCUT2D eigenvalue weighted by Gasteiger charge is 2.27. The van der Waals surface area contributed by atoms with Gasteiger partial charge in [0.2, 0.25) is 20.0 Å². The van der Waals surface area contributed by atoms with Crippen molar-refractivity contribution in [3.63, 3.8) is 0 Å². The molecule has 0 saturated heterocycles. The summed E-state index contributed by atoms with van der Waals surface area (Å²) >= 11 is 0. The van der Waals surface area contributed by atoms with E-state index in [1.807, 2.05) is 13.8 Å². The highest BCUT2D eigenvalue weighted by Crippen LogP contribution is 2.23. The number of benzene rings is 1. The minimum Gasteiger partial charge on any atom is -0.492 e. The Bertz CT molecular complexity index is 788. The summed E-state index contributed by atoms with van der Waals surface area (Å²) in [5.74, 6) is 0.801. The molecule has 1 rings (SSSR count). The van der Waals surface area contributed by atoms with E-state index in [9.17, 15) is 16.8 Å². The Hall–Kier alpha value is -2.01. The predicted octanol–water partition coefficient (Wildman–Crippen LogP) is 0.494. The summed E-state index contributed by atoms with van der Waals surface area (Å²) in [5.41, 5.74) is 5.74. The number of aliphatic imine (C=N–C) groups is 1. The van der Waals surface area contributed by atoms with Gasteiger partial charge in [0.25, 0.3) is 0 Å². The van der Waals surface area contributed by atoms with Crippen LogP contribution >= 0.6 is 0 Å². The maximum atomic E-state index is 11.7. The van der Waals surface area contributed by atoms with Crippen molar-refractivity contribution in [2.45, 2.75) is 26.3 Å². The van der Waals surface area contributed by atoms with E-state index in [0.29, 0.717) is 22.0 Å². The van der Waals surface area contributed by atoms with E-state index in [-0.39, 0.29) is 18.3 Å². The highest BCUT2D eigenvalue weighted by molar-refractivity contribution is 8.09. The molecule has 0 bridgehead atoms. The number of rotatable bonds is 9. The Morgan fingerprint density at radius 3 is 2.19 bits per heavy atom.